The van der Waals surface area contributed by atoms with Crippen LogP contribution in [0.5, 0.6) is 0 Å². The first-order valence-corrected chi connectivity index (χ1v) is 14.2. The molecule has 0 aromatic heterocycles. The minimum absolute atomic E-state index is 0.0252. The standard InChI is InChI=1S/C30H48O6/c1-17-9-12-30(24(34)35)14-13-27(4)18(22(30)29(17,6)36)7-8-21-25(2)15-19(32)23(33)26(3,16-31)20(25)10-11-28(21,27)5/h7,17,19-23,31-33,36H,8-16H2,1-6H3,(H,34,35)/t17-,19-,20+,21-,22-,23-,25+,26-,27-,28-,29-,30+/m1/s1. The van der Waals surface area contributed by atoms with E-state index in [1.165, 1.54) is 0 Å². The van der Waals surface area contributed by atoms with Crippen LogP contribution in [-0.2, 0) is 4.79 Å². The van der Waals surface area contributed by atoms with Gasteiger partial charge in [0.05, 0.1) is 29.8 Å². The molecule has 0 aromatic carbocycles. The second-order valence-electron chi connectivity index (χ2n) is 14.7. The van der Waals surface area contributed by atoms with Crippen molar-refractivity contribution in [1.29, 1.82) is 0 Å². The number of hydrogen-bond donors (Lipinski definition) is 5. The van der Waals surface area contributed by atoms with Gasteiger partial charge in [0.2, 0.25) is 0 Å². The minimum Gasteiger partial charge on any atom is -0.481 e. The van der Waals surface area contributed by atoms with Crippen LogP contribution >= 0.6 is 0 Å². The maximum absolute atomic E-state index is 12.8. The summed E-state index contributed by atoms with van der Waals surface area (Å²) in [4.78, 5) is 12.8. The molecule has 0 unspecified atom stereocenters. The molecule has 12 atom stereocenters. The van der Waals surface area contributed by atoms with Gasteiger partial charge in [0, 0.05) is 11.3 Å². The SMILES string of the molecule is C[C@@H]1CC[C@]2(C(=O)O)CC[C@]3(C)C(=CC[C@@H]4[C@@]5(C)C[C@@H](O)[C@@H](O)[C@](C)(CO)[C@H]5CC[C@]43C)[C@@H]2[C@]1(C)O. The first-order chi connectivity index (χ1) is 16.6. The number of carboxylic acid groups (broad SMARTS) is 1. The van der Waals surface area contributed by atoms with E-state index in [-0.39, 0.29) is 40.6 Å². The third kappa shape index (κ3) is 2.91. The van der Waals surface area contributed by atoms with Crippen LogP contribution in [-0.4, -0.2) is 55.9 Å². The van der Waals surface area contributed by atoms with Crippen molar-refractivity contribution in [2.75, 3.05) is 6.61 Å². The number of rotatable bonds is 2. The Kier molecular flexibility index (Phi) is 5.77. The summed E-state index contributed by atoms with van der Waals surface area (Å²) in [6, 6.07) is 0. The summed E-state index contributed by atoms with van der Waals surface area (Å²) in [6.45, 7) is 12.6. The van der Waals surface area contributed by atoms with Gasteiger partial charge in [-0.2, -0.15) is 0 Å². The van der Waals surface area contributed by atoms with Crippen molar-refractivity contribution in [2.45, 2.75) is 111 Å². The Morgan fingerprint density at radius 1 is 1.00 bits per heavy atom. The zero-order valence-corrected chi connectivity index (χ0v) is 23.0. The van der Waals surface area contributed by atoms with Gasteiger partial charge in [-0.25, -0.2) is 0 Å². The Morgan fingerprint density at radius 3 is 2.28 bits per heavy atom. The fourth-order valence-corrected chi connectivity index (χ4v) is 11.0. The highest BCUT2D eigenvalue weighted by Gasteiger charge is 2.72. The molecular formula is C30H48O6. The highest BCUT2D eigenvalue weighted by atomic mass is 16.4. The van der Waals surface area contributed by atoms with Gasteiger partial charge in [-0.05, 0) is 92.3 Å². The predicted molar refractivity (Wildman–Crippen MR) is 137 cm³/mol. The highest BCUT2D eigenvalue weighted by molar-refractivity contribution is 5.77. The minimum atomic E-state index is -1.09. The van der Waals surface area contributed by atoms with E-state index >= 15 is 0 Å². The Bertz CT molecular complexity index is 974. The van der Waals surface area contributed by atoms with E-state index in [1.807, 2.05) is 13.8 Å². The lowest BCUT2D eigenvalue weighted by atomic mass is 9.33. The molecule has 36 heavy (non-hydrogen) atoms. The number of fused-ring (bicyclic) bond motifs is 7. The molecule has 5 rings (SSSR count). The molecule has 4 saturated carbocycles. The van der Waals surface area contributed by atoms with Crippen LogP contribution in [0.1, 0.15) is 92.9 Å². The van der Waals surface area contributed by atoms with Crippen LogP contribution in [0, 0.1) is 50.7 Å². The van der Waals surface area contributed by atoms with Gasteiger partial charge in [-0.3, -0.25) is 4.79 Å². The maximum atomic E-state index is 12.8. The number of carbonyl (C=O) groups is 1. The number of aliphatic hydroxyl groups excluding tert-OH is 3. The lowest BCUT2D eigenvalue weighted by Gasteiger charge is -2.72. The Hall–Kier alpha value is -0.950. The fourth-order valence-electron chi connectivity index (χ4n) is 11.0. The molecule has 4 fully saturated rings. The second-order valence-corrected chi connectivity index (χ2v) is 14.7. The molecule has 0 aliphatic heterocycles. The topological polar surface area (TPSA) is 118 Å². The molecule has 5 N–H and O–H groups in total. The molecule has 5 aliphatic rings. The molecule has 6 heteroatoms. The molecule has 0 heterocycles. The third-order valence-electron chi connectivity index (χ3n) is 13.6. The summed E-state index contributed by atoms with van der Waals surface area (Å²) in [7, 11) is 0. The van der Waals surface area contributed by atoms with Crippen molar-refractivity contribution in [3.63, 3.8) is 0 Å². The van der Waals surface area contributed by atoms with Crippen LogP contribution in [0.2, 0.25) is 0 Å². The second kappa shape index (κ2) is 7.80. The van der Waals surface area contributed by atoms with Gasteiger partial charge in [0.15, 0.2) is 0 Å². The van der Waals surface area contributed by atoms with Crippen molar-refractivity contribution >= 4 is 5.97 Å². The molecule has 0 bridgehead atoms. The zero-order chi connectivity index (χ0) is 26.7. The quantitative estimate of drug-likeness (QED) is 0.361. The molecule has 0 amide bonds. The Morgan fingerprint density at radius 2 is 1.67 bits per heavy atom. The molecule has 5 aliphatic carbocycles. The number of aliphatic hydroxyl groups is 4. The normalized spacial score (nSPS) is 58.6. The lowest BCUT2D eigenvalue weighted by Crippen LogP contribution is -2.69. The van der Waals surface area contributed by atoms with Gasteiger partial charge in [0.25, 0.3) is 0 Å². The molecule has 204 valence electrons. The summed E-state index contributed by atoms with van der Waals surface area (Å²) in [5, 5.41) is 54.8. The van der Waals surface area contributed by atoms with E-state index in [0.29, 0.717) is 19.3 Å². The number of carboxylic acids is 1. The highest BCUT2D eigenvalue weighted by Crippen LogP contribution is 2.76. The van der Waals surface area contributed by atoms with E-state index in [2.05, 4.69) is 33.8 Å². The van der Waals surface area contributed by atoms with Crippen LogP contribution in [0.3, 0.4) is 0 Å². The molecule has 0 aromatic rings. The first kappa shape index (κ1) is 26.6. The summed E-state index contributed by atoms with van der Waals surface area (Å²) in [5.74, 6) is -0.834. The van der Waals surface area contributed by atoms with Crippen LogP contribution in [0.4, 0.5) is 0 Å². The summed E-state index contributed by atoms with van der Waals surface area (Å²) in [6.07, 6.45) is 6.20. The number of hydrogen-bond acceptors (Lipinski definition) is 5. The van der Waals surface area contributed by atoms with E-state index in [0.717, 1.165) is 37.7 Å². The van der Waals surface area contributed by atoms with Gasteiger partial charge < -0.3 is 25.5 Å². The monoisotopic (exact) mass is 504 g/mol. The smallest absolute Gasteiger partial charge is 0.310 e. The summed E-state index contributed by atoms with van der Waals surface area (Å²) in [5.41, 5.74) is -2.28. The van der Waals surface area contributed by atoms with Crippen LogP contribution in [0.15, 0.2) is 11.6 Å². The molecule has 0 radical (unpaired) electrons. The summed E-state index contributed by atoms with van der Waals surface area (Å²) >= 11 is 0. The van der Waals surface area contributed by atoms with Crippen LogP contribution < -0.4 is 0 Å². The predicted octanol–water partition coefficient (Wildman–Crippen LogP) is 4.15. The van der Waals surface area contributed by atoms with Crippen molar-refractivity contribution in [1.82, 2.24) is 0 Å². The van der Waals surface area contributed by atoms with E-state index < -0.39 is 40.5 Å². The Balaban J connectivity index is 1.65. The van der Waals surface area contributed by atoms with Gasteiger partial charge in [-0.1, -0.05) is 46.3 Å². The van der Waals surface area contributed by atoms with Gasteiger partial charge in [0.1, 0.15) is 0 Å². The average Bonchev–Trinajstić information content (AvgIpc) is 2.80. The van der Waals surface area contributed by atoms with Crippen molar-refractivity contribution in [3.8, 4) is 0 Å². The van der Waals surface area contributed by atoms with Crippen molar-refractivity contribution in [2.24, 2.45) is 50.7 Å². The van der Waals surface area contributed by atoms with Gasteiger partial charge in [-0.15, -0.1) is 0 Å². The van der Waals surface area contributed by atoms with E-state index in [4.69, 9.17) is 0 Å². The molecule has 0 spiro atoms. The largest absolute Gasteiger partial charge is 0.481 e. The van der Waals surface area contributed by atoms with E-state index in [9.17, 15) is 30.3 Å². The Labute approximate surface area is 216 Å². The van der Waals surface area contributed by atoms with E-state index in [1.54, 1.807) is 0 Å². The number of allylic oxidation sites excluding steroid dienone is 1. The number of aliphatic carboxylic acids is 1. The maximum Gasteiger partial charge on any atom is 0.310 e. The lowest BCUT2D eigenvalue weighted by molar-refractivity contribution is -0.247. The summed E-state index contributed by atoms with van der Waals surface area (Å²) < 4.78 is 0. The fraction of sp³-hybridized carbons (Fsp3) is 0.900. The molecule has 6 nitrogen and oxygen atoms in total. The zero-order valence-electron chi connectivity index (χ0n) is 23.0. The first-order valence-electron chi connectivity index (χ1n) is 14.2. The van der Waals surface area contributed by atoms with Crippen molar-refractivity contribution < 1.29 is 30.3 Å². The molecule has 0 saturated heterocycles. The average molecular weight is 505 g/mol. The third-order valence-corrected chi connectivity index (χ3v) is 13.6. The van der Waals surface area contributed by atoms with Crippen molar-refractivity contribution in [3.05, 3.63) is 11.6 Å². The molecular weight excluding hydrogens is 456 g/mol. The van der Waals surface area contributed by atoms with Gasteiger partial charge >= 0.3 is 5.97 Å². The van der Waals surface area contributed by atoms with Crippen LogP contribution in [0.25, 0.3) is 0 Å².